The number of hydrogen-bond acceptors (Lipinski definition) is 6. The van der Waals surface area contributed by atoms with Crippen LogP contribution in [0.15, 0.2) is 72.9 Å². The second kappa shape index (κ2) is 8.10. The van der Waals surface area contributed by atoms with Gasteiger partial charge >= 0.3 is 0 Å². The van der Waals surface area contributed by atoms with E-state index in [-0.39, 0.29) is 6.10 Å². The van der Waals surface area contributed by atoms with Crippen molar-refractivity contribution in [3.05, 3.63) is 78.5 Å². The molecule has 2 heterocycles. The van der Waals surface area contributed by atoms with Crippen molar-refractivity contribution in [1.82, 2.24) is 15.3 Å². The second-order valence-corrected chi connectivity index (χ2v) is 7.37. The summed E-state index contributed by atoms with van der Waals surface area (Å²) in [6.07, 6.45) is 1.95. The molecule has 0 spiro atoms. The minimum Gasteiger partial charge on any atom is -0.399 e. The molecule has 6 nitrogen and oxygen atoms in total. The Morgan fingerprint density at radius 1 is 1.03 bits per heavy atom. The van der Waals surface area contributed by atoms with Gasteiger partial charge in [-0.15, -0.1) is 0 Å². The summed E-state index contributed by atoms with van der Waals surface area (Å²) >= 11 is 0. The summed E-state index contributed by atoms with van der Waals surface area (Å²) in [4.78, 5) is 9.28. The molecule has 0 amide bonds. The molecule has 1 aliphatic rings. The average Bonchev–Trinajstić information content (AvgIpc) is 2.80. The van der Waals surface area contributed by atoms with Crippen molar-refractivity contribution in [2.75, 3.05) is 30.7 Å². The molecular weight excluding hydrogens is 374 g/mol. The van der Waals surface area contributed by atoms with Gasteiger partial charge < -0.3 is 21.1 Å². The summed E-state index contributed by atoms with van der Waals surface area (Å²) in [7, 11) is 0. The van der Waals surface area contributed by atoms with Crippen molar-refractivity contribution in [2.45, 2.75) is 6.10 Å². The van der Waals surface area contributed by atoms with Gasteiger partial charge in [0.2, 0.25) is 5.95 Å². The second-order valence-electron chi connectivity index (χ2n) is 7.37. The summed E-state index contributed by atoms with van der Waals surface area (Å²) in [6, 6.07) is 22.2. The van der Waals surface area contributed by atoms with Crippen LogP contribution in [-0.2, 0) is 4.74 Å². The average molecular weight is 397 g/mol. The lowest BCUT2D eigenvalue weighted by atomic mass is 10.0. The molecule has 1 saturated heterocycles. The fourth-order valence-electron chi connectivity index (χ4n) is 3.74. The highest BCUT2D eigenvalue weighted by molar-refractivity contribution is 5.94. The number of morpholine rings is 1. The first-order valence-corrected chi connectivity index (χ1v) is 10.1. The first-order chi connectivity index (χ1) is 14.8. The van der Waals surface area contributed by atoms with E-state index in [1.807, 2.05) is 54.7 Å². The van der Waals surface area contributed by atoms with Crippen molar-refractivity contribution in [3.63, 3.8) is 0 Å². The molecule has 0 bridgehead atoms. The van der Waals surface area contributed by atoms with E-state index in [1.165, 1.54) is 0 Å². The predicted molar refractivity (Wildman–Crippen MR) is 121 cm³/mol. The molecule has 1 atom stereocenters. The van der Waals surface area contributed by atoms with E-state index in [0.717, 1.165) is 58.7 Å². The molecule has 6 heteroatoms. The Kier molecular flexibility index (Phi) is 5.01. The molecule has 4 aromatic rings. The molecule has 4 N–H and O–H groups in total. The highest BCUT2D eigenvalue weighted by Crippen LogP contribution is 2.29. The smallest absolute Gasteiger partial charge is 0.227 e. The molecule has 1 unspecified atom stereocenters. The van der Waals surface area contributed by atoms with Gasteiger partial charge in [-0.2, -0.15) is 0 Å². The number of rotatable bonds is 4. The summed E-state index contributed by atoms with van der Waals surface area (Å²) in [5, 5.41) is 7.66. The Morgan fingerprint density at radius 3 is 2.70 bits per heavy atom. The summed E-state index contributed by atoms with van der Waals surface area (Å²) < 4.78 is 5.82. The van der Waals surface area contributed by atoms with Crippen molar-refractivity contribution in [3.8, 4) is 11.1 Å². The topological polar surface area (TPSA) is 85.1 Å². The maximum absolute atomic E-state index is 5.98. The zero-order valence-electron chi connectivity index (χ0n) is 16.5. The third kappa shape index (κ3) is 3.83. The Bertz CT molecular complexity index is 1170. The molecule has 0 saturated carbocycles. The fraction of sp³-hybridized carbons (Fsp3) is 0.167. The number of nitrogens with one attached hydrogen (secondary N) is 2. The van der Waals surface area contributed by atoms with Crippen LogP contribution in [0.1, 0.15) is 11.7 Å². The Labute approximate surface area is 175 Å². The number of nitrogens with two attached hydrogens (primary N) is 1. The van der Waals surface area contributed by atoms with Crippen LogP contribution in [0.25, 0.3) is 22.0 Å². The van der Waals surface area contributed by atoms with Gasteiger partial charge in [-0.05, 0) is 35.4 Å². The maximum Gasteiger partial charge on any atom is 0.227 e. The number of para-hydroxylation sites is 1. The minimum absolute atomic E-state index is 0.102. The largest absolute Gasteiger partial charge is 0.399 e. The van der Waals surface area contributed by atoms with Crippen LogP contribution in [0.2, 0.25) is 0 Å². The van der Waals surface area contributed by atoms with Gasteiger partial charge in [0.25, 0.3) is 0 Å². The number of fused-ring (bicyclic) bond motifs is 1. The summed E-state index contributed by atoms with van der Waals surface area (Å²) in [5.41, 5.74) is 11.8. The SMILES string of the molecule is Nc1cccc(-c2cccc3cnc(Nc4ccc(C5CNCCO5)cc4)nc23)c1. The lowest BCUT2D eigenvalue weighted by molar-refractivity contribution is 0.0277. The molecule has 0 aliphatic carbocycles. The number of nitrogen functional groups attached to an aromatic ring is 1. The van der Waals surface area contributed by atoms with Crippen molar-refractivity contribution in [2.24, 2.45) is 0 Å². The van der Waals surface area contributed by atoms with Gasteiger partial charge in [0.05, 0.1) is 18.2 Å². The van der Waals surface area contributed by atoms with E-state index in [4.69, 9.17) is 15.5 Å². The minimum atomic E-state index is 0.102. The van der Waals surface area contributed by atoms with E-state index in [2.05, 4.69) is 33.8 Å². The predicted octanol–water partition coefficient (Wildman–Crippen LogP) is 4.28. The molecule has 1 fully saturated rings. The van der Waals surface area contributed by atoms with Gasteiger partial charge in [-0.25, -0.2) is 9.97 Å². The van der Waals surface area contributed by atoms with E-state index >= 15 is 0 Å². The number of hydrogen-bond donors (Lipinski definition) is 3. The van der Waals surface area contributed by atoms with Gasteiger partial charge in [0.15, 0.2) is 0 Å². The van der Waals surface area contributed by atoms with E-state index in [0.29, 0.717) is 5.95 Å². The quantitative estimate of drug-likeness (QED) is 0.446. The first kappa shape index (κ1) is 18.5. The van der Waals surface area contributed by atoms with Crippen LogP contribution in [-0.4, -0.2) is 29.7 Å². The van der Waals surface area contributed by atoms with E-state index in [1.54, 1.807) is 0 Å². The number of benzene rings is 3. The lowest BCUT2D eigenvalue weighted by Gasteiger charge is -2.24. The molecule has 1 aromatic heterocycles. The molecular formula is C24H23N5O. The number of nitrogens with zero attached hydrogens (tertiary/aromatic N) is 2. The highest BCUT2D eigenvalue weighted by atomic mass is 16.5. The molecule has 3 aromatic carbocycles. The van der Waals surface area contributed by atoms with Crippen LogP contribution in [0.5, 0.6) is 0 Å². The van der Waals surface area contributed by atoms with Crippen LogP contribution < -0.4 is 16.4 Å². The van der Waals surface area contributed by atoms with Gasteiger partial charge in [-0.1, -0.05) is 42.5 Å². The lowest BCUT2D eigenvalue weighted by Crippen LogP contribution is -2.33. The Hall–Kier alpha value is -3.48. The van der Waals surface area contributed by atoms with Crippen LogP contribution in [0.3, 0.4) is 0 Å². The molecule has 1 aliphatic heterocycles. The Morgan fingerprint density at radius 2 is 1.90 bits per heavy atom. The van der Waals surface area contributed by atoms with Crippen molar-refractivity contribution < 1.29 is 4.74 Å². The zero-order chi connectivity index (χ0) is 20.3. The number of aromatic nitrogens is 2. The third-order valence-corrected chi connectivity index (χ3v) is 5.27. The normalized spacial score (nSPS) is 16.5. The molecule has 30 heavy (non-hydrogen) atoms. The van der Waals surface area contributed by atoms with E-state index in [9.17, 15) is 0 Å². The monoisotopic (exact) mass is 397 g/mol. The molecule has 5 rings (SSSR count). The van der Waals surface area contributed by atoms with Crippen molar-refractivity contribution in [1.29, 1.82) is 0 Å². The third-order valence-electron chi connectivity index (χ3n) is 5.27. The van der Waals surface area contributed by atoms with Gasteiger partial charge in [0, 0.05) is 41.6 Å². The Balaban J connectivity index is 1.43. The standard InChI is InChI=1S/C24H23N5O/c25-19-5-1-3-17(13-19)21-6-2-4-18-14-27-24(29-23(18)21)28-20-9-7-16(8-10-20)22-15-26-11-12-30-22/h1-10,13-14,22,26H,11-12,15,25H2,(H,27,28,29). The molecule has 0 radical (unpaired) electrons. The summed E-state index contributed by atoms with van der Waals surface area (Å²) in [6.45, 7) is 2.49. The number of anilines is 3. The van der Waals surface area contributed by atoms with E-state index < -0.39 is 0 Å². The summed E-state index contributed by atoms with van der Waals surface area (Å²) in [5.74, 6) is 0.558. The van der Waals surface area contributed by atoms with Crippen LogP contribution >= 0.6 is 0 Å². The molecule has 150 valence electrons. The first-order valence-electron chi connectivity index (χ1n) is 10.1. The van der Waals surface area contributed by atoms with Crippen LogP contribution in [0, 0.1) is 0 Å². The highest BCUT2D eigenvalue weighted by Gasteiger charge is 2.15. The maximum atomic E-state index is 5.98. The number of ether oxygens (including phenoxy) is 1. The van der Waals surface area contributed by atoms with Crippen molar-refractivity contribution >= 4 is 28.2 Å². The van der Waals surface area contributed by atoms with Gasteiger partial charge in [-0.3, -0.25) is 0 Å². The van der Waals surface area contributed by atoms with Crippen LogP contribution in [0.4, 0.5) is 17.3 Å². The fourth-order valence-corrected chi connectivity index (χ4v) is 3.74. The zero-order valence-corrected chi connectivity index (χ0v) is 16.5. The van der Waals surface area contributed by atoms with Gasteiger partial charge in [0.1, 0.15) is 0 Å².